The molecule has 0 bridgehead atoms. The number of nitrogens with zero attached hydrogens (tertiary/aromatic N) is 1. The van der Waals surface area contributed by atoms with Crippen molar-refractivity contribution in [1.29, 1.82) is 0 Å². The smallest absolute Gasteiger partial charge is 0.317 e. The van der Waals surface area contributed by atoms with Crippen LogP contribution in [0.2, 0.25) is 0 Å². The number of hydrogen-bond acceptors (Lipinski definition) is 5. The van der Waals surface area contributed by atoms with Gasteiger partial charge in [0.05, 0.1) is 51.2 Å². The molecule has 7 nitrogen and oxygen atoms in total. The molecular weight excluding hydrogens is 276 g/mol. The molecule has 0 aromatic carbocycles. The second-order valence-electron chi connectivity index (χ2n) is 5.33. The second-order valence-corrected chi connectivity index (χ2v) is 5.33. The molecule has 0 aliphatic heterocycles. The quantitative estimate of drug-likeness (QED) is 0.542. The van der Waals surface area contributed by atoms with E-state index in [0.717, 1.165) is 0 Å². The molecule has 0 heterocycles. The standard InChI is InChI=1S/C14H30N2O5/c1-11(2)21-7-6-20-10-13(17)8-16(4)14(18)15-12(3)9-19-5/h11-13,17H,6-10H2,1-5H3,(H,15,18)/t12-,13+/m0/s1. The molecule has 0 rings (SSSR count). The number of nitrogens with one attached hydrogen (secondary N) is 1. The number of aliphatic hydroxyl groups excluding tert-OH is 1. The van der Waals surface area contributed by atoms with E-state index in [-0.39, 0.29) is 31.3 Å². The summed E-state index contributed by atoms with van der Waals surface area (Å²) in [6.45, 7) is 7.50. The Morgan fingerprint density at radius 3 is 2.48 bits per heavy atom. The summed E-state index contributed by atoms with van der Waals surface area (Å²) in [5.41, 5.74) is 0. The van der Waals surface area contributed by atoms with Gasteiger partial charge in [0, 0.05) is 14.2 Å². The molecule has 0 spiro atoms. The van der Waals surface area contributed by atoms with Crippen LogP contribution < -0.4 is 5.32 Å². The lowest BCUT2D eigenvalue weighted by Gasteiger charge is -2.23. The summed E-state index contributed by atoms with van der Waals surface area (Å²) in [5, 5.41) is 12.6. The number of methoxy groups -OCH3 is 1. The van der Waals surface area contributed by atoms with Gasteiger partial charge in [-0.2, -0.15) is 0 Å². The molecule has 0 aliphatic carbocycles. The molecule has 21 heavy (non-hydrogen) atoms. The van der Waals surface area contributed by atoms with Crippen molar-refractivity contribution in [3.8, 4) is 0 Å². The maximum Gasteiger partial charge on any atom is 0.317 e. The van der Waals surface area contributed by atoms with Crippen LogP contribution in [0.5, 0.6) is 0 Å². The Kier molecular flexibility index (Phi) is 11.2. The highest BCUT2D eigenvalue weighted by molar-refractivity contribution is 5.74. The molecule has 2 atom stereocenters. The molecule has 7 heteroatoms. The van der Waals surface area contributed by atoms with E-state index in [1.54, 1.807) is 14.2 Å². The second kappa shape index (κ2) is 11.7. The number of aliphatic hydroxyl groups is 1. The minimum Gasteiger partial charge on any atom is -0.389 e. The lowest BCUT2D eigenvalue weighted by atomic mass is 10.3. The number of carbonyl (C=O) groups excluding carboxylic acids is 1. The van der Waals surface area contributed by atoms with E-state index in [1.807, 2.05) is 20.8 Å². The van der Waals surface area contributed by atoms with Crippen molar-refractivity contribution in [1.82, 2.24) is 10.2 Å². The third kappa shape index (κ3) is 11.4. The zero-order chi connectivity index (χ0) is 16.3. The summed E-state index contributed by atoms with van der Waals surface area (Å²) in [7, 11) is 3.20. The number of amides is 2. The Morgan fingerprint density at radius 2 is 1.90 bits per heavy atom. The molecule has 126 valence electrons. The van der Waals surface area contributed by atoms with Crippen LogP contribution in [-0.4, -0.2) is 81.4 Å². The zero-order valence-electron chi connectivity index (χ0n) is 13.8. The van der Waals surface area contributed by atoms with Gasteiger partial charge in [-0.3, -0.25) is 0 Å². The summed E-state index contributed by atoms with van der Waals surface area (Å²) in [4.78, 5) is 13.2. The van der Waals surface area contributed by atoms with Gasteiger partial charge in [0.1, 0.15) is 0 Å². The third-order valence-electron chi connectivity index (χ3n) is 2.61. The molecule has 0 aromatic heterocycles. The van der Waals surface area contributed by atoms with Crippen molar-refractivity contribution in [2.75, 3.05) is 47.1 Å². The first kappa shape index (κ1) is 20.1. The van der Waals surface area contributed by atoms with Gasteiger partial charge in [-0.05, 0) is 20.8 Å². The van der Waals surface area contributed by atoms with E-state index < -0.39 is 6.10 Å². The van der Waals surface area contributed by atoms with Gasteiger partial charge in [-0.25, -0.2) is 4.79 Å². The first-order valence-electron chi connectivity index (χ1n) is 7.24. The molecule has 2 amide bonds. The van der Waals surface area contributed by atoms with E-state index in [1.165, 1.54) is 4.90 Å². The van der Waals surface area contributed by atoms with Crippen LogP contribution in [0.3, 0.4) is 0 Å². The molecule has 0 fully saturated rings. The largest absolute Gasteiger partial charge is 0.389 e. The molecule has 0 unspecified atom stereocenters. The number of ether oxygens (including phenoxy) is 3. The number of urea groups is 1. The first-order chi connectivity index (χ1) is 9.86. The molecule has 0 saturated carbocycles. The van der Waals surface area contributed by atoms with Crippen LogP contribution in [0.4, 0.5) is 4.79 Å². The average Bonchev–Trinajstić information content (AvgIpc) is 2.37. The summed E-state index contributed by atoms with van der Waals surface area (Å²) >= 11 is 0. The van der Waals surface area contributed by atoms with Crippen LogP contribution in [0.1, 0.15) is 20.8 Å². The fourth-order valence-corrected chi connectivity index (χ4v) is 1.63. The maximum absolute atomic E-state index is 11.8. The lowest BCUT2D eigenvalue weighted by Crippen LogP contribution is -2.46. The van der Waals surface area contributed by atoms with Crippen LogP contribution in [0, 0.1) is 0 Å². The lowest BCUT2D eigenvalue weighted by molar-refractivity contribution is -0.0148. The number of carbonyl (C=O) groups is 1. The Morgan fingerprint density at radius 1 is 1.24 bits per heavy atom. The molecule has 0 radical (unpaired) electrons. The Labute approximate surface area is 127 Å². The monoisotopic (exact) mass is 306 g/mol. The van der Waals surface area contributed by atoms with Crippen LogP contribution in [-0.2, 0) is 14.2 Å². The highest BCUT2D eigenvalue weighted by Gasteiger charge is 2.15. The van der Waals surface area contributed by atoms with Gasteiger partial charge in [0.2, 0.25) is 0 Å². The van der Waals surface area contributed by atoms with Crippen molar-refractivity contribution in [3.63, 3.8) is 0 Å². The Hall–Kier alpha value is -0.890. The van der Waals surface area contributed by atoms with Crippen LogP contribution >= 0.6 is 0 Å². The van der Waals surface area contributed by atoms with Crippen molar-refractivity contribution >= 4 is 6.03 Å². The normalized spacial score (nSPS) is 14.0. The van der Waals surface area contributed by atoms with Crippen molar-refractivity contribution < 1.29 is 24.1 Å². The fraction of sp³-hybridized carbons (Fsp3) is 0.929. The maximum atomic E-state index is 11.8. The highest BCUT2D eigenvalue weighted by Crippen LogP contribution is 1.95. The van der Waals surface area contributed by atoms with E-state index in [0.29, 0.717) is 19.8 Å². The predicted molar refractivity (Wildman–Crippen MR) is 80.4 cm³/mol. The SMILES string of the molecule is COC[C@H](C)NC(=O)N(C)C[C@@H](O)COCCOC(C)C. The van der Waals surface area contributed by atoms with Gasteiger partial charge < -0.3 is 29.5 Å². The molecule has 0 aromatic rings. The topological polar surface area (TPSA) is 80.3 Å². The van der Waals surface area contributed by atoms with E-state index in [9.17, 15) is 9.90 Å². The molecule has 0 aliphatic rings. The number of rotatable bonds is 11. The van der Waals surface area contributed by atoms with Crippen molar-refractivity contribution in [2.45, 2.75) is 39.0 Å². The molecular formula is C14H30N2O5. The summed E-state index contributed by atoms with van der Waals surface area (Å²) in [5.74, 6) is 0. The van der Waals surface area contributed by atoms with Gasteiger partial charge in [-0.15, -0.1) is 0 Å². The fourth-order valence-electron chi connectivity index (χ4n) is 1.63. The minimum atomic E-state index is -0.725. The third-order valence-corrected chi connectivity index (χ3v) is 2.61. The van der Waals surface area contributed by atoms with Gasteiger partial charge >= 0.3 is 6.03 Å². The van der Waals surface area contributed by atoms with Gasteiger partial charge in [0.15, 0.2) is 0 Å². The zero-order valence-corrected chi connectivity index (χ0v) is 13.8. The van der Waals surface area contributed by atoms with E-state index >= 15 is 0 Å². The summed E-state index contributed by atoms with van der Waals surface area (Å²) in [6.07, 6.45) is -0.556. The van der Waals surface area contributed by atoms with Crippen molar-refractivity contribution in [2.24, 2.45) is 0 Å². The van der Waals surface area contributed by atoms with Crippen molar-refractivity contribution in [3.05, 3.63) is 0 Å². The van der Waals surface area contributed by atoms with Gasteiger partial charge in [0.25, 0.3) is 0 Å². The Bertz CT molecular complexity index is 276. The highest BCUT2D eigenvalue weighted by atomic mass is 16.5. The van der Waals surface area contributed by atoms with Gasteiger partial charge in [-0.1, -0.05) is 0 Å². The predicted octanol–water partition coefficient (Wildman–Crippen LogP) is 0.465. The average molecular weight is 306 g/mol. The number of likely N-dealkylation sites (N-methyl/N-ethyl adjacent to an activating group) is 1. The van der Waals surface area contributed by atoms with E-state index in [2.05, 4.69) is 5.32 Å². The summed E-state index contributed by atoms with van der Waals surface area (Å²) in [6, 6.07) is -0.326. The molecule has 2 N–H and O–H groups in total. The first-order valence-corrected chi connectivity index (χ1v) is 7.24. The van der Waals surface area contributed by atoms with Crippen LogP contribution in [0.25, 0.3) is 0 Å². The van der Waals surface area contributed by atoms with E-state index in [4.69, 9.17) is 14.2 Å². The van der Waals surface area contributed by atoms with Crippen LogP contribution in [0.15, 0.2) is 0 Å². The Balaban J connectivity index is 3.77. The molecule has 0 saturated heterocycles. The number of hydrogen-bond donors (Lipinski definition) is 2. The summed E-state index contributed by atoms with van der Waals surface area (Å²) < 4.78 is 15.6. The minimum absolute atomic E-state index is 0.0773.